The lowest BCUT2D eigenvalue weighted by molar-refractivity contribution is -0.117. The van der Waals surface area contributed by atoms with Gasteiger partial charge in [-0.15, -0.1) is 0 Å². The summed E-state index contributed by atoms with van der Waals surface area (Å²) in [7, 11) is 0. The normalized spacial score (nSPS) is 10.7. The van der Waals surface area contributed by atoms with E-state index in [9.17, 15) is 4.79 Å². The number of primary amides is 1. The second-order valence-corrected chi connectivity index (χ2v) is 7.24. The Morgan fingerprint density at radius 3 is 2.64 bits per heavy atom. The molecule has 0 spiro atoms. The van der Waals surface area contributed by atoms with Crippen LogP contribution in [0.1, 0.15) is 12.0 Å². The molecule has 1 heterocycles. The highest BCUT2D eigenvalue weighted by Gasteiger charge is 2.12. The van der Waals surface area contributed by atoms with E-state index in [1.54, 1.807) is 0 Å². The lowest BCUT2D eigenvalue weighted by Gasteiger charge is -2.11. The molecule has 0 saturated carbocycles. The first-order chi connectivity index (χ1) is 12.1. The van der Waals surface area contributed by atoms with E-state index in [0.29, 0.717) is 29.0 Å². The van der Waals surface area contributed by atoms with E-state index in [1.807, 2.05) is 42.5 Å². The Morgan fingerprint density at radius 2 is 1.88 bits per heavy atom. The molecule has 3 N–H and O–H groups in total. The van der Waals surface area contributed by atoms with Crippen LogP contribution in [0.15, 0.2) is 54.6 Å². The van der Waals surface area contributed by atoms with E-state index in [4.69, 9.17) is 18.0 Å². The summed E-state index contributed by atoms with van der Waals surface area (Å²) in [4.78, 5) is 15.5. The van der Waals surface area contributed by atoms with Crippen LogP contribution in [-0.4, -0.2) is 25.5 Å². The van der Waals surface area contributed by atoms with E-state index < -0.39 is 0 Å². The van der Waals surface area contributed by atoms with Gasteiger partial charge >= 0.3 is 0 Å². The monoisotopic (exact) mass is 370 g/mol. The lowest BCUT2D eigenvalue weighted by Crippen LogP contribution is -2.15. The molecular formula is C18H18N4OS2. The van der Waals surface area contributed by atoms with Gasteiger partial charge in [-0.05, 0) is 17.7 Å². The first-order valence-electron chi connectivity index (χ1n) is 7.85. The molecule has 0 aliphatic heterocycles. The zero-order chi connectivity index (χ0) is 17.6. The molecule has 0 bridgehead atoms. The highest BCUT2D eigenvalue weighted by atomic mass is 32.2. The second kappa shape index (κ2) is 8.13. The van der Waals surface area contributed by atoms with E-state index in [-0.39, 0.29) is 5.91 Å². The Balaban J connectivity index is 1.83. The molecule has 128 valence electrons. The maximum atomic E-state index is 10.8. The van der Waals surface area contributed by atoms with Crippen LogP contribution in [0.25, 0.3) is 11.0 Å². The number of hydrogen-bond donors (Lipinski definition) is 2. The molecule has 0 unspecified atom stereocenters. The maximum absolute atomic E-state index is 10.8. The number of anilines is 1. The Hall–Kier alpha value is -2.38. The van der Waals surface area contributed by atoms with Crippen LogP contribution in [0.2, 0.25) is 0 Å². The fourth-order valence-corrected chi connectivity index (χ4v) is 3.46. The van der Waals surface area contributed by atoms with Crippen molar-refractivity contribution in [2.75, 3.05) is 11.1 Å². The minimum absolute atomic E-state index is 0.299. The number of hydrogen-bond acceptors (Lipinski definition) is 4. The molecule has 0 aliphatic rings. The van der Waals surface area contributed by atoms with Crippen molar-refractivity contribution in [1.29, 1.82) is 0 Å². The number of thiocarbonyl (C=S) groups is 1. The summed E-state index contributed by atoms with van der Waals surface area (Å²) in [6.45, 7) is 0.693. The molecule has 3 aromatic rings. The minimum Gasteiger partial charge on any atom is -0.370 e. The Morgan fingerprint density at radius 1 is 1.16 bits per heavy atom. The molecule has 1 amide bonds. The Kier molecular flexibility index (Phi) is 5.67. The van der Waals surface area contributed by atoms with Crippen LogP contribution in [0.3, 0.4) is 0 Å². The molecule has 0 fully saturated rings. The highest BCUT2D eigenvalue weighted by Crippen LogP contribution is 2.22. The number of para-hydroxylation sites is 2. The zero-order valence-corrected chi connectivity index (χ0v) is 15.1. The van der Waals surface area contributed by atoms with E-state index in [1.165, 1.54) is 17.3 Å². The molecule has 7 heteroatoms. The van der Waals surface area contributed by atoms with Crippen molar-refractivity contribution in [3.8, 4) is 0 Å². The quantitative estimate of drug-likeness (QED) is 0.651. The Labute approximate surface area is 155 Å². The molecule has 0 aliphatic carbocycles. The van der Waals surface area contributed by atoms with Crippen molar-refractivity contribution < 1.29 is 4.79 Å². The Bertz CT molecular complexity index is 892. The largest absolute Gasteiger partial charge is 0.370 e. The van der Waals surface area contributed by atoms with Gasteiger partial charge in [0.05, 0.1) is 17.6 Å². The van der Waals surface area contributed by atoms with Crippen molar-refractivity contribution in [3.05, 3.63) is 60.2 Å². The van der Waals surface area contributed by atoms with Crippen molar-refractivity contribution in [1.82, 2.24) is 9.55 Å². The average molecular weight is 371 g/mol. The van der Waals surface area contributed by atoms with E-state index in [2.05, 4.69) is 27.0 Å². The standard InChI is InChI=1S/C18H18N4OS2/c19-16(23)10-11-25-18(24)21-17-20-14-8-4-5-9-15(14)22(17)12-13-6-2-1-3-7-13/h1-9H,10-12H2,(H2,19,23)(H,20,21,24). The van der Waals surface area contributed by atoms with Gasteiger partial charge in [0.1, 0.15) is 4.32 Å². The predicted octanol–water partition coefficient (Wildman–Crippen LogP) is 3.39. The molecule has 0 radical (unpaired) electrons. The van der Waals surface area contributed by atoms with Gasteiger partial charge in [-0.25, -0.2) is 4.98 Å². The molecule has 1 aromatic heterocycles. The van der Waals surface area contributed by atoms with Crippen LogP contribution in [0.5, 0.6) is 0 Å². The number of nitrogens with one attached hydrogen (secondary N) is 1. The van der Waals surface area contributed by atoms with Crippen molar-refractivity contribution in [2.45, 2.75) is 13.0 Å². The SMILES string of the molecule is NC(=O)CCSC(=S)Nc1nc2ccccc2n1Cc1ccccc1. The number of carbonyl (C=O) groups is 1. The molecule has 3 rings (SSSR count). The number of carbonyl (C=O) groups excluding carboxylic acids is 1. The third kappa shape index (κ3) is 4.58. The topological polar surface area (TPSA) is 72.9 Å². The molecule has 0 atom stereocenters. The molecular weight excluding hydrogens is 352 g/mol. The molecule has 2 aromatic carbocycles. The van der Waals surface area contributed by atoms with Crippen molar-refractivity contribution in [3.63, 3.8) is 0 Å². The number of fused-ring (bicyclic) bond motifs is 1. The summed E-state index contributed by atoms with van der Waals surface area (Å²) in [6, 6.07) is 18.2. The highest BCUT2D eigenvalue weighted by molar-refractivity contribution is 8.23. The van der Waals surface area contributed by atoms with Gasteiger partial charge in [-0.1, -0.05) is 66.4 Å². The average Bonchev–Trinajstić information content (AvgIpc) is 2.93. The number of rotatable bonds is 6. The van der Waals surface area contributed by atoms with E-state index >= 15 is 0 Å². The third-order valence-corrected chi connectivity index (χ3v) is 4.86. The predicted molar refractivity (Wildman–Crippen MR) is 108 cm³/mol. The number of thioether (sulfide) groups is 1. The van der Waals surface area contributed by atoms with Gasteiger partial charge in [0.15, 0.2) is 0 Å². The van der Waals surface area contributed by atoms with Crippen molar-refractivity contribution >= 4 is 51.2 Å². The van der Waals surface area contributed by atoms with Crippen molar-refractivity contribution in [2.24, 2.45) is 5.73 Å². The van der Waals surface area contributed by atoms with Gasteiger partial charge in [-0.3, -0.25) is 4.79 Å². The van der Waals surface area contributed by atoms with Gasteiger partial charge < -0.3 is 15.6 Å². The second-order valence-electron chi connectivity index (χ2n) is 5.47. The lowest BCUT2D eigenvalue weighted by atomic mass is 10.2. The third-order valence-electron chi connectivity index (χ3n) is 3.63. The fraction of sp³-hybridized carbons (Fsp3) is 0.167. The number of amides is 1. The van der Waals surface area contributed by atoms with Gasteiger partial charge in [0.2, 0.25) is 11.9 Å². The smallest absolute Gasteiger partial charge is 0.218 e. The molecule has 5 nitrogen and oxygen atoms in total. The molecule has 0 saturated heterocycles. The van der Waals surface area contributed by atoms with Crippen LogP contribution < -0.4 is 11.1 Å². The zero-order valence-electron chi connectivity index (χ0n) is 13.5. The summed E-state index contributed by atoms with van der Waals surface area (Å²) in [6.07, 6.45) is 0.299. The summed E-state index contributed by atoms with van der Waals surface area (Å²) in [5, 5.41) is 3.19. The summed E-state index contributed by atoms with van der Waals surface area (Å²) >= 11 is 6.75. The van der Waals surface area contributed by atoms with Gasteiger partial charge in [0, 0.05) is 12.2 Å². The number of nitrogens with two attached hydrogens (primary N) is 1. The van der Waals surface area contributed by atoms with Crippen LogP contribution in [0, 0.1) is 0 Å². The van der Waals surface area contributed by atoms with Crippen LogP contribution in [-0.2, 0) is 11.3 Å². The van der Waals surface area contributed by atoms with Crippen LogP contribution in [0.4, 0.5) is 5.95 Å². The maximum Gasteiger partial charge on any atom is 0.218 e. The summed E-state index contributed by atoms with van der Waals surface area (Å²) in [5.41, 5.74) is 8.29. The first kappa shape index (κ1) is 17.4. The van der Waals surface area contributed by atoms with Gasteiger partial charge in [0.25, 0.3) is 0 Å². The summed E-state index contributed by atoms with van der Waals surface area (Å²) < 4.78 is 2.68. The number of imidazole rings is 1. The fourth-order valence-electron chi connectivity index (χ4n) is 2.47. The number of benzene rings is 2. The van der Waals surface area contributed by atoms with Gasteiger partial charge in [-0.2, -0.15) is 0 Å². The van der Waals surface area contributed by atoms with Crippen LogP contribution >= 0.6 is 24.0 Å². The van der Waals surface area contributed by atoms with E-state index in [0.717, 1.165) is 11.0 Å². The first-order valence-corrected chi connectivity index (χ1v) is 9.24. The number of nitrogens with zero attached hydrogens (tertiary/aromatic N) is 2. The molecule has 25 heavy (non-hydrogen) atoms. The summed E-state index contributed by atoms with van der Waals surface area (Å²) in [5.74, 6) is 0.924. The number of aromatic nitrogens is 2. The minimum atomic E-state index is -0.327.